The molecule has 0 amide bonds. The van der Waals surface area contributed by atoms with Gasteiger partial charge in [0.1, 0.15) is 11.6 Å². The van der Waals surface area contributed by atoms with Crippen LogP contribution < -0.4 is 5.32 Å². The van der Waals surface area contributed by atoms with E-state index in [-0.39, 0.29) is 6.04 Å². The molecule has 2 unspecified atom stereocenters. The fraction of sp³-hybridized carbons (Fsp3) is 0.600. The largest absolute Gasteiger partial charge is 0.314 e. The maximum Gasteiger partial charge on any atom is 0.129 e. The van der Waals surface area contributed by atoms with Crippen molar-refractivity contribution < 1.29 is 8.78 Å². The van der Waals surface area contributed by atoms with Crippen molar-refractivity contribution >= 4 is 0 Å². The maximum atomic E-state index is 13.6. The van der Waals surface area contributed by atoms with E-state index >= 15 is 0 Å². The van der Waals surface area contributed by atoms with E-state index in [0.717, 1.165) is 12.6 Å². The quantitative estimate of drug-likeness (QED) is 0.815. The van der Waals surface area contributed by atoms with E-state index in [1.807, 2.05) is 6.92 Å². The molecule has 2 atom stereocenters. The minimum absolute atomic E-state index is 0.218. The van der Waals surface area contributed by atoms with Gasteiger partial charge in [0.15, 0.2) is 0 Å². The van der Waals surface area contributed by atoms with Crippen molar-refractivity contribution in [2.45, 2.75) is 40.2 Å². The molecule has 102 valence electrons. The summed E-state index contributed by atoms with van der Waals surface area (Å²) < 4.78 is 26.5. The Morgan fingerprint density at radius 2 is 1.83 bits per heavy atom. The molecule has 0 radical (unpaired) electrons. The molecule has 1 aromatic rings. The highest BCUT2D eigenvalue weighted by Crippen LogP contribution is 2.20. The van der Waals surface area contributed by atoms with Gasteiger partial charge >= 0.3 is 0 Å². The number of likely N-dealkylation sites (N-methyl/N-ethyl adjacent to an activating group) is 1. The molecule has 0 aliphatic rings. The summed E-state index contributed by atoms with van der Waals surface area (Å²) in [6.45, 7) is 9.39. The number of nitrogens with one attached hydrogen (secondary N) is 1. The fourth-order valence-electron chi connectivity index (χ4n) is 2.09. The number of hydrogen-bond acceptors (Lipinski definition) is 1. The monoisotopic (exact) mass is 255 g/mol. The highest BCUT2D eigenvalue weighted by atomic mass is 19.1. The number of benzene rings is 1. The molecule has 1 rings (SSSR count). The number of halogens is 2. The molecular formula is C15H23F2N. The predicted octanol–water partition coefficient (Wildman–Crippen LogP) is 3.78. The Kier molecular flexibility index (Phi) is 5.73. The van der Waals surface area contributed by atoms with Crippen LogP contribution in [0, 0.1) is 23.5 Å². The van der Waals surface area contributed by atoms with Crippen LogP contribution in [0.15, 0.2) is 18.2 Å². The second-order valence-corrected chi connectivity index (χ2v) is 5.21. The van der Waals surface area contributed by atoms with Gasteiger partial charge in [-0.25, -0.2) is 8.78 Å². The zero-order valence-electron chi connectivity index (χ0n) is 11.6. The summed E-state index contributed by atoms with van der Waals surface area (Å²) >= 11 is 0. The van der Waals surface area contributed by atoms with E-state index in [1.54, 1.807) is 6.07 Å². The smallest absolute Gasteiger partial charge is 0.129 e. The lowest BCUT2D eigenvalue weighted by molar-refractivity contribution is 0.298. The average Bonchev–Trinajstić information content (AvgIpc) is 2.30. The Labute approximate surface area is 109 Å². The molecule has 0 aliphatic heterocycles. The van der Waals surface area contributed by atoms with Crippen molar-refractivity contribution in [3.8, 4) is 0 Å². The van der Waals surface area contributed by atoms with Gasteiger partial charge in [0.2, 0.25) is 0 Å². The lowest BCUT2D eigenvalue weighted by Crippen LogP contribution is -2.39. The van der Waals surface area contributed by atoms with Gasteiger partial charge in [-0.15, -0.1) is 0 Å². The molecule has 0 aliphatic carbocycles. The van der Waals surface area contributed by atoms with Gasteiger partial charge in [-0.05, 0) is 36.4 Å². The lowest BCUT2D eigenvalue weighted by atomic mass is 9.86. The van der Waals surface area contributed by atoms with E-state index in [4.69, 9.17) is 0 Å². The molecule has 0 saturated heterocycles. The van der Waals surface area contributed by atoms with Gasteiger partial charge in [-0.3, -0.25) is 0 Å². The summed E-state index contributed by atoms with van der Waals surface area (Å²) in [6.07, 6.45) is 0.597. The third-order valence-corrected chi connectivity index (χ3v) is 3.61. The van der Waals surface area contributed by atoms with Crippen molar-refractivity contribution in [2.24, 2.45) is 11.8 Å². The number of rotatable bonds is 6. The summed E-state index contributed by atoms with van der Waals surface area (Å²) in [5.74, 6) is -0.00557. The fourth-order valence-corrected chi connectivity index (χ4v) is 2.09. The maximum absolute atomic E-state index is 13.6. The lowest BCUT2D eigenvalue weighted by Gasteiger charge is -2.28. The Hall–Kier alpha value is -0.960. The molecule has 3 heteroatoms. The van der Waals surface area contributed by atoms with Crippen molar-refractivity contribution in [3.05, 3.63) is 35.4 Å². The molecule has 0 fully saturated rings. The summed E-state index contributed by atoms with van der Waals surface area (Å²) in [4.78, 5) is 0. The van der Waals surface area contributed by atoms with Crippen molar-refractivity contribution in [1.29, 1.82) is 0 Å². The first-order chi connectivity index (χ1) is 8.45. The first kappa shape index (κ1) is 15.1. The first-order valence-corrected chi connectivity index (χ1v) is 6.63. The number of hydrogen-bond donors (Lipinski definition) is 1. The normalized spacial score (nSPS) is 14.8. The van der Waals surface area contributed by atoms with Crippen LogP contribution in [0.1, 0.15) is 33.3 Å². The SMILES string of the molecule is CCNC(Cc1ccc(F)cc1F)C(C)C(C)C. The van der Waals surface area contributed by atoms with Gasteiger partial charge in [0, 0.05) is 12.1 Å². The van der Waals surface area contributed by atoms with Crippen molar-refractivity contribution in [3.63, 3.8) is 0 Å². The van der Waals surface area contributed by atoms with E-state index in [0.29, 0.717) is 23.8 Å². The minimum Gasteiger partial charge on any atom is -0.314 e. The Morgan fingerprint density at radius 1 is 1.17 bits per heavy atom. The van der Waals surface area contributed by atoms with Gasteiger partial charge in [-0.2, -0.15) is 0 Å². The van der Waals surface area contributed by atoms with Gasteiger partial charge < -0.3 is 5.32 Å². The molecule has 0 heterocycles. The summed E-state index contributed by atoms with van der Waals surface area (Å²) in [6, 6.07) is 4.04. The molecule has 1 aromatic carbocycles. The standard InChI is InChI=1S/C15H23F2N/c1-5-18-15(11(4)10(2)3)8-12-6-7-13(16)9-14(12)17/h6-7,9-11,15,18H,5,8H2,1-4H3. The highest BCUT2D eigenvalue weighted by molar-refractivity contribution is 5.19. The first-order valence-electron chi connectivity index (χ1n) is 6.63. The second-order valence-electron chi connectivity index (χ2n) is 5.21. The summed E-state index contributed by atoms with van der Waals surface area (Å²) in [5.41, 5.74) is 0.579. The third-order valence-electron chi connectivity index (χ3n) is 3.61. The van der Waals surface area contributed by atoms with Gasteiger partial charge in [0.05, 0.1) is 0 Å². The second kappa shape index (κ2) is 6.83. The van der Waals surface area contributed by atoms with Crippen LogP contribution in [0.4, 0.5) is 8.78 Å². The van der Waals surface area contributed by atoms with Crippen LogP contribution in [0.3, 0.4) is 0 Å². The summed E-state index contributed by atoms with van der Waals surface area (Å²) in [5, 5.41) is 3.39. The third kappa shape index (κ3) is 4.05. The van der Waals surface area contributed by atoms with Crippen LogP contribution in [0.25, 0.3) is 0 Å². The predicted molar refractivity (Wildman–Crippen MR) is 71.5 cm³/mol. The topological polar surface area (TPSA) is 12.0 Å². The zero-order chi connectivity index (χ0) is 13.7. The molecular weight excluding hydrogens is 232 g/mol. The molecule has 0 spiro atoms. The van der Waals surface area contributed by atoms with Crippen LogP contribution in [-0.2, 0) is 6.42 Å². The van der Waals surface area contributed by atoms with E-state index in [2.05, 4.69) is 26.1 Å². The van der Waals surface area contributed by atoms with E-state index in [1.165, 1.54) is 6.07 Å². The van der Waals surface area contributed by atoms with Crippen molar-refractivity contribution in [2.75, 3.05) is 6.54 Å². The molecule has 0 aromatic heterocycles. The van der Waals surface area contributed by atoms with E-state index < -0.39 is 11.6 Å². The van der Waals surface area contributed by atoms with Crippen molar-refractivity contribution in [1.82, 2.24) is 5.32 Å². The van der Waals surface area contributed by atoms with Crippen LogP contribution in [0.5, 0.6) is 0 Å². The van der Waals surface area contributed by atoms with Crippen LogP contribution in [0.2, 0.25) is 0 Å². The summed E-state index contributed by atoms with van der Waals surface area (Å²) in [7, 11) is 0. The van der Waals surface area contributed by atoms with Crippen LogP contribution in [-0.4, -0.2) is 12.6 Å². The molecule has 0 bridgehead atoms. The Bertz CT molecular complexity index is 377. The zero-order valence-corrected chi connectivity index (χ0v) is 11.6. The average molecular weight is 255 g/mol. The van der Waals surface area contributed by atoms with Gasteiger partial charge in [0.25, 0.3) is 0 Å². The molecule has 1 N–H and O–H groups in total. The minimum atomic E-state index is -0.520. The molecule has 18 heavy (non-hydrogen) atoms. The van der Waals surface area contributed by atoms with E-state index in [9.17, 15) is 8.78 Å². The van der Waals surface area contributed by atoms with Gasteiger partial charge in [-0.1, -0.05) is 33.8 Å². The highest BCUT2D eigenvalue weighted by Gasteiger charge is 2.21. The molecule has 0 saturated carbocycles. The molecule has 1 nitrogen and oxygen atoms in total. The Balaban J connectivity index is 2.82. The van der Waals surface area contributed by atoms with Crippen LogP contribution >= 0.6 is 0 Å². The Morgan fingerprint density at radius 3 is 2.33 bits per heavy atom.